The number of nitrogens with zero attached hydrogens (tertiary/aromatic N) is 1. The van der Waals surface area contributed by atoms with Crippen LogP contribution in [0.3, 0.4) is 0 Å². The summed E-state index contributed by atoms with van der Waals surface area (Å²) in [6.45, 7) is 5.29. The lowest BCUT2D eigenvalue weighted by Gasteiger charge is -2.23. The number of carboxylic acid groups (broad SMARTS) is 1. The molecule has 2 amide bonds. The number of carbonyl (C=O) groups excluding carboxylic acids is 1. The number of hydrogen-bond donors (Lipinski definition) is 4. The zero-order chi connectivity index (χ0) is 14.5. The number of aromatic amines is 1. The highest BCUT2D eigenvalue weighted by molar-refractivity contribution is 5.78. The molecule has 0 saturated heterocycles. The van der Waals surface area contributed by atoms with Gasteiger partial charge in [-0.2, -0.15) is 5.10 Å². The van der Waals surface area contributed by atoms with Gasteiger partial charge >= 0.3 is 12.0 Å². The Morgan fingerprint density at radius 1 is 1.58 bits per heavy atom. The van der Waals surface area contributed by atoms with Crippen LogP contribution in [0, 0.1) is 5.41 Å². The number of carbonyl (C=O) groups is 2. The first-order valence-electron chi connectivity index (χ1n) is 6.15. The third-order valence-electron chi connectivity index (χ3n) is 3.30. The van der Waals surface area contributed by atoms with Crippen LogP contribution in [0.5, 0.6) is 0 Å². The molecule has 0 saturated carbocycles. The maximum absolute atomic E-state index is 11.7. The van der Waals surface area contributed by atoms with Crippen molar-refractivity contribution in [1.82, 2.24) is 20.8 Å². The van der Waals surface area contributed by atoms with Crippen molar-refractivity contribution >= 4 is 12.0 Å². The third-order valence-corrected chi connectivity index (χ3v) is 3.30. The van der Waals surface area contributed by atoms with Gasteiger partial charge in [0.25, 0.3) is 0 Å². The van der Waals surface area contributed by atoms with Crippen LogP contribution in [0.2, 0.25) is 0 Å². The molecule has 7 heteroatoms. The molecule has 1 rings (SSSR count). The van der Waals surface area contributed by atoms with Gasteiger partial charge in [0.05, 0.1) is 17.7 Å². The average Bonchev–Trinajstić information content (AvgIpc) is 2.89. The van der Waals surface area contributed by atoms with Crippen LogP contribution < -0.4 is 10.6 Å². The summed E-state index contributed by atoms with van der Waals surface area (Å²) in [6.07, 6.45) is 3.76. The number of nitrogens with one attached hydrogen (secondary N) is 3. The summed E-state index contributed by atoms with van der Waals surface area (Å²) in [5, 5.41) is 20.9. The number of rotatable bonds is 6. The summed E-state index contributed by atoms with van der Waals surface area (Å²) in [6, 6.07) is -0.592. The van der Waals surface area contributed by atoms with Crippen molar-refractivity contribution in [2.24, 2.45) is 5.41 Å². The van der Waals surface area contributed by atoms with Crippen molar-refractivity contribution in [1.29, 1.82) is 0 Å². The third kappa shape index (κ3) is 3.97. The number of urea groups is 1. The fraction of sp³-hybridized carbons (Fsp3) is 0.583. The quantitative estimate of drug-likeness (QED) is 0.623. The second kappa shape index (κ2) is 6.21. The first kappa shape index (κ1) is 15.0. The van der Waals surface area contributed by atoms with Crippen LogP contribution in [0.4, 0.5) is 4.79 Å². The van der Waals surface area contributed by atoms with E-state index in [1.807, 2.05) is 6.92 Å². The minimum absolute atomic E-state index is 0.0861. The highest BCUT2D eigenvalue weighted by Gasteiger charge is 2.31. The first-order valence-corrected chi connectivity index (χ1v) is 6.15. The van der Waals surface area contributed by atoms with Gasteiger partial charge in [0.2, 0.25) is 0 Å². The Morgan fingerprint density at radius 3 is 2.74 bits per heavy atom. The van der Waals surface area contributed by atoms with Gasteiger partial charge in [-0.15, -0.1) is 0 Å². The SMILES string of the molecule is CCC(C)(CNC(=O)NC(C)c1cn[nH]c1)C(=O)O. The summed E-state index contributed by atoms with van der Waals surface area (Å²) in [5.41, 5.74) is -0.0948. The molecular weight excluding hydrogens is 248 g/mol. The monoisotopic (exact) mass is 268 g/mol. The molecule has 7 nitrogen and oxygen atoms in total. The predicted molar refractivity (Wildman–Crippen MR) is 69.6 cm³/mol. The molecule has 0 radical (unpaired) electrons. The average molecular weight is 268 g/mol. The summed E-state index contributed by atoms with van der Waals surface area (Å²) in [4.78, 5) is 22.8. The van der Waals surface area contributed by atoms with Gasteiger partial charge in [0, 0.05) is 18.3 Å². The minimum Gasteiger partial charge on any atom is -0.481 e. The van der Waals surface area contributed by atoms with E-state index in [9.17, 15) is 9.59 Å². The van der Waals surface area contributed by atoms with Crippen molar-refractivity contribution in [3.05, 3.63) is 18.0 Å². The fourth-order valence-electron chi connectivity index (χ4n) is 1.46. The van der Waals surface area contributed by atoms with E-state index < -0.39 is 17.4 Å². The summed E-state index contributed by atoms with van der Waals surface area (Å²) in [5.74, 6) is -0.918. The van der Waals surface area contributed by atoms with Gasteiger partial charge in [-0.25, -0.2) is 4.79 Å². The fourth-order valence-corrected chi connectivity index (χ4v) is 1.46. The van der Waals surface area contributed by atoms with Crippen LogP contribution in [0.1, 0.15) is 38.8 Å². The number of carboxylic acids is 1. The second-order valence-corrected chi connectivity index (χ2v) is 4.80. The molecule has 1 aromatic heterocycles. The van der Waals surface area contributed by atoms with Crippen molar-refractivity contribution in [2.45, 2.75) is 33.2 Å². The molecule has 2 unspecified atom stereocenters. The molecule has 2 atom stereocenters. The van der Waals surface area contributed by atoms with Gasteiger partial charge < -0.3 is 15.7 Å². The molecule has 0 aromatic carbocycles. The van der Waals surface area contributed by atoms with Gasteiger partial charge in [0.15, 0.2) is 0 Å². The van der Waals surface area contributed by atoms with E-state index in [-0.39, 0.29) is 12.6 Å². The number of amides is 2. The van der Waals surface area contributed by atoms with Gasteiger partial charge in [-0.1, -0.05) is 6.92 Å². The zero-order valence-electron chi connectivity index (χ0n) is 11.4. The van der Waals surface area contributed by atoms with Crippen LogP contribution in [-0.4, -0.2) is 33.8 Å². The van der Waals surface area contributed by atoms with Gasteiger partial charge in [-0.3, -0.25) is 9.89 Å². The molecule has 106 valence electrons. The van der Waals surface area contributed by atoms with Crippen LogP contribution >= 0.6 is 0 Å². The Hall–Kier alpha value is -2.05. The highest BCUT2D eigenvalue weighted by Crippen LogP contribution is 2.19. The molecule has 19 heavy (non-hydrogen) atoms. The molecule has 0 bridgehead atoms. The normalized spacial score (nSPS) is 15.3. The van der Waals surface area contributed by atoms with Crippen LogP contribution in [0.15, 0.2) is 12.4 Å². The van der Waals surface area contributed by atoms with Crippen molar-refractivity contribution in [3.8, 4) is 0 Å². The van der Waals surface area contributed by atoms with E-state index in [1.54, 1.807) is 26.2 Å². The summed E-state index contributed by atoms with van der Waals surface area (Å²) in [7, 11) is 0. The molecule has 1 heterocycles. The van der Waals surface area contributed by atoms with E-state index in [1.165, 1.54) is 0 Å². The van der Waals surface area contributed by atoms with Crippen LogP contribution in [-0.2, 0) is 4.79 Å². The number of aromatic nitrogens is 2. The lowest BCUT2D eigenvalue weighted by Crippen LogP contribution is -2.45. The van der Waals surface area contributed by atoms with E-state index in [0.29, 0.717) is 6.42 Å². The lowest BCUT2D eigenvalue weighted by atomic mass is 9.88. The Morgan fingerprint density at radius 2 is 2.26 bits per heavy atom. The molecule has 0 spiro atoms. The Bertz CT molecular complexity index is 432. The first-order chi connectivity index (χ1) is 8.89. The molecule has 1 aromatic rings. The predicted octanol–water partition coefficient (Wildman–Crippen LogP) is 1.27. The summed E-state index contributed by atoms with van der Waals surface area (Å²) < 4.78 is 0. The number of aliphatic carboxylic acids is 1. The van der Waals surface area contributed by atoms with Crippen molar-refractivity contribution < 1.29 is 14.7 Å². The zero-order valence-corrected chi connectivity index (χ0v) is 11.4. The van der Waals surface area contributed by atoms with Crippen molar-refractivity contribution in [3.63, 3.8) is 0 Å². The molecule has 0 aliphatic heterocycles. The smallest absolute Gasteiger partial charge is 0.315 e. The topological polar surface area (TPSA) is 107 Å². The van der Waals surface area contributed by atoms with E-state index >= 15 is 0 Å². The number of hydrogen-bond acceptors (Lipinski definition) is 3. The van der Waals surface area contributed by atoms with E-state index in [2.05, 4.69) is 20.8 Å². The van der Waals surface area contributed by atoms with Crippen LogP contribution in [0.25, 0.3) is 0 Å². The van der Waals surface area contributed by atoms with E-state index in [4.69, 9.17) is 5.11 Å². The van der Waals surface area contributed by atoms with Gasteiger partial charge in [0.1, 0.15) is 0 Å². The Balaban J connectivity index is 2.46. The second-order valence-electron chi connectivity index (χ2n) is 4.80. The maximum atomic E-state index is 11.7. The summed E-state index contributed by atoms with van der Waals surface area (Å²) >= 11 is 0. The highest BCUT2D eigenvalue weighted by atomic mass is 16.4. The standard InChI is InChI=1S/C12H20N4O3/c1-4-12(3,10(17)18)7-13-11(19)16-8(2)9-5-14-15-6-9/h5-6,8H,4,7H2,1-3H3,(H,14,15)(H,17,18)(H2,13,16,19). The van der Waals surface area contributed by atoms with Gasteiger partial charge in [-0.05, 0) is 20.3 Å². The van der Waals surface area contributed by atoms with E-state index in [0.717, 1.165) is 5.56 Å². The molecule has 0 aliphatic rings. The maximum Gasteiger partial charge on any atom is 0.315 e. The molecular formula is C12H20N4O3. The number of H-pyrrole nitrogens is 1. The van der Waals surface area contributed by atoms with Crippen molar-refractivity contribution in [2.75, 3.05) is 6.54 Å². The molecule has 0 fully saturated rings. The largest absolute Gasteiger partial charge is 0.481 e. The molecule has 0 aliphatic carbocycles. The lowest BCUT2D eigenvalue weighted by molar-refractivity contribution is -0.147. The Labute approximate surface area is 111 Å². The Kier molecular flexibility index (Phi) is 4.91. The minimum atomic E-state index is -0.948. The molecule has 4 N–H and O–H groups in total.